The predicted octanol–water partition coefficient (Wildman–Crippen LogP) is 1.98. The second kappa shape index (κ2) is 5.94. The molecule has 2 rings (SSSR count). The molecular formula is C14H15N5O. The van der Waals surface area contributed by atoms with Crippen molar-refractivity contribution >= 4 is 29.7 Å². The van der Waals surface area contributed by atoms with Gasteiger partial charge in [-0.15, -0.1) is 0 Å². The van der Waals surface area contributed by atoms with Crippen molar-refractivity contribution < 1.29 is 4.79 Å². The van der Waals surface area contributed by atoms with E-state index in [1.54, 1.807) is 49.8 Å². The van der Waals surface area contributed by atoms with Crippen LogP contribution in [0.2, 0.25) is 0 Å². The zero-order valence-corrected chi connectivity index (χ0v) is 11.1. The standard InChI is InChI=1S/C14H15N5O/c1-16-12-8-10(5-6-13(12)19(2)15)14(20)18-11-4-3-7-17-9-11/h3-9H,1,15H2,2H3,(H,18,20). The summed E-state index contributed by atoms with van der Waals surface area (Å²) in [6.07, 6.45) is 3.22. The van der Waals surface area contributed by atoms with Crippen LogP contribution >= 0.6 is 0 Å². The van der Waals surface area contributed by atoms with E-state index in [1.165, 1.54) is 5.01 Å². The van der Waals surface area contributed by atoms with Gasteiger partial charge in [0.05, 0.1) is 23.3 Å². The molecule has 2 aromatic rings. The van der Waals surface area contributed by atoms with Gasteiger partial charge in [0.25, 0.3) is 5.91 Å². The van der Waals surface area contributed by atoms with E-state index in [9.17, 15) is 4.79 Å². The number of nitrogens with two attached hydrogens (primary N) is 1. The topological polar surface area (TPSA) is 83.6 Å². The van der Waals surface area contributed by atoms with Gasteiger partial charge in [-0.2, -0.15) is 0 Å². The van der Waals surface area contributed by atoms with Crippen LogP contribution < -0.4 is 16.2 Å². The van der Waals surface area contributed by atoms with Gasteiger partial charge in [-0.3, -0.25) is 14.8 Å². The molecule has 6 heteroatoms. The number of aliphatic imine (C=N–C) groups is 1. The zero-order chi connectivity index (χ0) is 14.5. The second-order valence-electron chi connectivity index (χ2n) is 4.17. The number of nitrogens with one attached hydrogen (secondary N) is 1. The minimum absolute atomic E-state index is 0.242. The molecule has 0 bridgehead atoms. The Kier molecular flexibility index (Phi) is 4.07. The fraction of sp³-hybridized carbons (Fsp3) is 0.0714. The van der Waals surface area contributed by atoms with Crippen LogP contribution in [0, 0.1) is 0 Å². The molecule has 20 heavy (non-hydrogen) atoms. The van der Waals surface area contributed by atoms with Gasteiger partial charge in [0.15, 0.2) is 0 Å². The van der Waals surface area contributed by atoms with Crippen molar-refractivity contribution in [1.29, 1.82) is 0 Å². The average Bonchev–Trinajstić information content (AvgIpc) is 2.47. The molecule has 1 amide bonds. The smallest absolute Gasteiger partial charge is 0.255 e. The minimum atomic E-state index is -0.242. The van der Waals surface area contributed by atoms with E-state index < -0.39 is 0 Å². The van der Waals surface area contributed by atoms with Gasteiger partial charge in [-0.25, -0.2) is 5.84 Å². The Morgan fingerprint density at radius 1 is 1.45 bits per heavy atom. The van der Waals surface area contributed by atoms with Crippen molar-refractivity contribution in [2.75, 3.05) is 17.4 Å². The van der Waals surface area contributed by atoms with Gasteiger partial charge < -0.3 is 10.3 Å². The molecule has 0 spiro atoms. The summed E-state index contributed by atoms with van der Waals surface area (Å²) in [5.41, 5.74) is 2.35. The highest BCUT2D eigenvalue weighted by molar-refractivity contribution is 6.05. The summed E-state index contributed by atoms with van der Waals surface area (Å²) in [7, 11) is 1.69. The highest BCUT2D eigenvalue weighted by atomic mass is 16.1. The van der Waals surface area contributed by atoms with Crippen molar-refractivity contribution in [1.82, 2.24) is 4.98 Å². The van der Waals surface area contributed by atoms with Crippen molar-refractivity contribution in [3.63, 3.8) is 0 Å². The maximum absolute atomic E-state index is 12.1. The highest BCUT2D eigenvalue weighted by Crippen LogP contribution is 2.27. The Morgan fingerprint density at radius 3 is 2.85 bits per heavy atom. The Morgan fingerprint density at radius 2 is 2.25 bits per heavy atom. The number of benzene rings is 1. The van der Waals surface area contributed by atoms with E-state index >= 15 is 0 Å². The molecule has 0 radical (unpaired) electrons. The van der Waals surface area contributed by atoms with E-state index in [4.69, 9.17) is 5.84 Å². The monoisotopic (exact) mass is 269 g/mol. The molecule has 1 aromatic heterocycles. The SMILES string of the molecule is C=Nc1cc(C(=O)Nc2cccnc2)ccc1N(C)N. The number of nitrogens with zero attached hydrogens (tertiary/aromatic N) is 3. The van der Waals surface area contributed by atoms with E-state index in [-0.39, 0.29) is 5.91 Å². The van der Waals surface area contributed by atoms with Gasteiger partial charge in [-0.05, 0) is 37.0 Å². The number of hydrazine groups is 1. The lowest BCUT2D eigenvalue weighted by molar-refractivity contribution is 0.102. The van der Waals surface area contributed by atoms with Gasteiger partial charge in [0.1, 0.15) is 0 Å². The normalized spacial score (nSPS) is 9.90. The van der Waals surface area contributed by atoms with Crippen LogP contribution in [0.4, 0.5) is 17.1 Å². The fourth-order valence-electron chi connectivity index (χ4n) is 1.73. The summed E-state index contributed by atoms with van der Waals surface area (Å²) in [6, 6.07) is 8.55. The minimum Gasteiger partial charge on any atom is -0.321 e. The number of amides is 1. The van der Waals surface area contributed by atoms with Gasteiger partial charge in [-0.1, -0.05) is 0 Å². The second-order valence-corrected chi connectivity index (χ2v) is 4.17. The fourth-order valence-corrected chi connectivity index (χ4v) is 1.73. The lowest BCUT2D eigenvalue weighted by atomic mass is 10.1. The number of hydrogen-bond donors (Lipinski definition) is 2. The Balaban J connectivity index is 2.25. The summed E-state index contributed by atoms with van der Waals surface area (Å²) in [4.78, 5) is 19.9. The number of hydrogen-bond acceptors (Lipinski definition) is 5. The highest BCUT2D eigenvalue weighted by Gasteiger charge is 2.10. The third-order valence-electron chi connectivity index (χ3n) is 2.71. The molecule has 0 atom stereocenters. The molecule has 102 valence electrons. The molecule has 0 saturated heterocycles. The number of pyridine rings is 1. The number of rotatable bonds is 4. The largest absolute Gasteiger partial charge is 0.321 e. The quantitative estimate of drug-likeness (QED) is 0.505. The molecule has 1 aromatic carbocycles. The number of aromatic nitrogens is 1. The molecule has 6 nitrogen and oxygen atoms in total. The summed E-state index contributed by atoms with van der Waals surface area (Å²) in [5.74, 6) is 5.44. The lowest BCUT2D eigenvalue weighted by Gasteiger charge is -2.15. The van der Waals surface area contributed by atoms with E-state index in [2.05, 4.69) is 22.0 Å². The number of carbonyl (C=O) groups excluding carboxylic acids is 1. The average molecular weight is 269 g/mol. The Hall–Kier alpha value is -2.73. The van der Waals surface area contributed by atoms with Crippen LogP contribution in [0.1, 0.15) is 10.4 Å². The molecule has 0 saturated carbocycles. The molecule has 0 unspecified atom stereocenters. The first-order valence-corrected chi connectivity index (χ1v) is 5.92. The Labute approximate surface area is 116 Å². The van der Waals surface area contributed by atoms with Gasteiger partial charge >= 0.3 is 0 Å². The first-order chi connectivity index (χ1) is 9.61. The summed E-state index contributed by atoms with van der Waals surface area (Å²) in [5, 5.41) is 4.17. The van der Waals surface area contributed by atoms with Gasteiger partial charge in [0.2, 0.25) is 0 Å². The molecule has 0 aliphatic carbocycles. The third-order valence-corrected chi connectivity index (χ3v) is 2.71. The number of carbonyl (C=O) groups is 1. The molecular weight excluding hydrogens is 254 g/mol. The number of anilines is 2. The van der Waals surface area contributed by atoms with Crippen LogP contribution in [0.3, 0.4) is 0 Å². The molecule has 1 heterocycles. The lowest BCUT2D eigenvalue weighted by Crippen LogP contribution is -2.25. The predicted molar refractivity (Wildman–Crippen MR) is 80.4 cm³/mol. The maximum atomic E-state index is 12.1. The van der Waals surface area contributed by atoms with Crippen molar-refractivity contribution in [2.45, 2.75) is 0 Å². The van der Waals surface area contributed by atoms with Crippen LogP contribution in [0.15, 0.2) is 47.7 Å². The molecule has 3 N–H and O–H groups in total. The van der Waals surface area contributed by atoms with Crippen molar-refractivity contribution in [2.24, 2.45) is 10.8 Å². The van der Waals surface area contributed by atoms with Crippen molar-refractivity contribution in [3.05, 3.63) is 48.3 Å². The van der Waals surface area contributed by atoms with Crippen LogP contribution in [-0.2, 0) is 0 Å². The summed E-state index contributed by atoms with van der Waals surface area (Å²) >= 11 is 0. The molecule has 0 fully saturated rings. The van der Waals surface area contributed by atoms with E-state index in [0.29, 0.717) is 22.6 Å². The molecule has 0 aliphatic rings. The molecule has 0 aliphatic heterocycles. The van der Waals surface area contributed by atoms with Crippen LogP contribution in [0.25, 0.3) is 0 Å². The maximum Gasteiger partial charge on any atom is 0.255 e. The first kappa shape index (κ1) is 13.7. The van der Waals surface area contributed by atoms with E-state index in [0.717, 1.165) is 0 Å². The van der Waals surface area contributed by atoms with E-state index in [1.807, 2.05) is 0 Å². The third kappa shape index (κ3) is 2.99. The Bertz CT molecular complexity index is 625. The van der Waals surface area contributed by atoms with Crippen molar-refractivity contribution in [3.8, 4) is 0 Å². The van der Waals surface area contributed by atoms with Gasteiger partial charge in [0, 0.05) is 18.8 Å². The van der Waals surface area contributed by atoms with Crippen LogP contribution in [-0.4, -0.2) is 24.7 Å². The first-order valence-electron chi connectivity index (χ1n) is 5.92. The van der Waals surface area contributed by atoms with Crippen LogP contribution in [0.5, 0.6) is 0 Å². The zero-order valence-electron chi connectivity index (χ0n) is 11.1. The summed E-state index contributed by atoms with van der Waals surface area (Å²) < 4.78 is 0. The summed E-state index contributed by atoms with van der Waals surface area (Å²) in [6.45, 7) is 3.48.